The Morgan fingerprint density at radius 1 is 1.29 bits per heavy atom. The third-order valence-electron chi connectivity index (χ3n) is 5.43. The minimum Gasteiger partial charge on any atom is -0.431 e. The standard InChI is InChI=1S/C17H20N2O5/c20-15-14(18-12-4-3-5-13(8-12)19(21)22)9-17(24-15)10-16(11-23-17)6-1-2-7-16/h3-5,8,14,18H,1-2,6-7,9-11H2. The van der Waals surface area contributed by atoms with Crippen LogP contribution >= 0.6 is 0 Å². The van der Waals surface area contributed by atoms with Crippen LogP contribution < -0.4 is 5.32 Å². The molecule has 0 amide bonds. The summed E-state index contributed by atoms with van der Waals surface area (Å²) >= 11 is 0. The SMILES string of the molecule is O=C1OC2(CC1Nc1cccc([N+](=O)[O-])c1)CC1(CCCC1)CO2. The van der Waals surface area contributed by atoms with Crippen molar-refractivity contribution >= 4 is 17.3 Å². The highest BCUT2D eigenvalue weighted by atomic mass is 16.7. The second kappa shape index (κ2) is 5.44. The number of non-ortho nitro benzene ring substituents is 1. The molecule has 0 radical (unpaired) electrons. The summed E-state index contributed by atoms with van der Waals surface area (Å²) in [5.74, 6) is -1.17. The van der Waals surface area contributed by atoms with Crippen LogP contribution in [-0.4, -0.2) is 29.3 Å². The van der Waals surface area contributed by atoms with Gasteiger partial charge in [-0.3, -0.25) is 10.1 Å². The van der Waals surface area contributed by atoms with Crippen molar-refractivity contribution in [3.8, 4) is 0 Å². The zero-order chi connectivity index (χ0) is 16.8. The molecule has 1 aliphatic carbocycles. The van der Waals surface area contributed by atoms with Crippen molar-refractivity contribution in [3.63, 3.8) is 0 Å². The number of carbonyl (C=O) groups excluding carboxylic acids is 1. The van der Waals surface area contributed by atoms with Crippen LogP contribution in [0.15, 0.2) is 24.3 Å². The Bertz CT molecular complexity index is 685. The summed E-state index contributed by atoms with van der Waals surface area (Å²) in [6, 6.07) is 5.61. The van der Waals surface area contributed by atoms with E-state index in [4.69, 9.17) is 9.47 Å². The molecule has 2 spiro atoms. The first-order valence-electron chi connectivity index (χ1n) is 8.37. The maximum Gasteiger partial charge on any atom is 0.331 e. The molecule has 2 aliphatic heterocycles. The number of anilines is 1. The molecule has 3 aliphatic rings. The van der Waals surface area contributed by atoms with Gasteiger partial charge in [-0.15, -0.1) is 0 Å². The fraction of sp³-hybridized carbons (Fsp3) is 0.588. The van der Waals surface area contributed by atoms with Gasteiger partial charge < -0.3 is 14.8 Å². The summed E-state index contributed by atoms with van der Waals surface area (Å²) in [6.45, 7) is 0.657. The van der Waals surface area contributed by atoms with E-state index in [-0.39, 0.29) is 17.1 Å². The molecule has 2 saturated heterocycles. The number of nitrogens with zero attached hydrogens (tertiary/aromatic N) is 1. The van der Waals surface area contributed by atoms with E-state index in [9.17, 15) is 14.9 Å². The molecule has 0 bridgehead atoms. The maximum absolute atomic E-state index is 12.3. The predicted molar refractivity (Wildman–Crippen MR) is 85.4 cm³/mol. The van der Waals surface area contributed by atoms with Gasteiger partial charge in [0.2, 0.25) is 5.79 Å². The van der Waals surface area contributed by atoms with Gasteiger partial charge >= 0.3 is 5.97 Å². The van der Waals surface area contributed by atoms with Gasteiger partial charge in [0.25, 0.3) is 5.69 Å². The number of benzene rings is 1. The normalized spacial score (nSPS) is 30.8. The van der Waals surface area contributed by atoms with E-state index in [2.05, 4.69) is 5.32 Å². The number of esters is 1. The van der Waals surface area contributed by atoms with Crippen LogP contribution in [0.5, 0.6) is 0 Å². The number of ether oxygens (including phenoxy) is 2. The summed E-state index contributed by atoms with van der Waals surface area (Å²) in [6.07, 6.45) is 5.89. The highest BCUT2D eigenvalue weighted by molar-refractivity contribution is 5.82. The summed E-state index contributed by atoms with van der Waals surface area (Å²) in [5, 5.41) is 13.9. The zero-order valence-electron chi connectivity index (χ0n) is 13.3. The highest BCUT2D eigenvalue weighted by Gasteiger charge is 2.58. The Morgan fingerprint density at radius 2 is 2.08 bits per heavy atom. The molecule has 7 nitrogen and oxygen atoms in total. The molecule has 1 aromatic carbocycles. The first kappa shape index (κ1) is 15.4. The Labute approximate surface area is 139 Å². The Balaban J connectivity index is 1.47. The molecule has 24 heavy (non-hydrogen) atoms. The van der Waals surface area contributed by atoms with Crippen LogP contribution in [0.3, 0.4) is 0 Å². The number of rotatable bonds is 3. The van der Waals surface area contributed by atoms with Gasteiger partial charge in [-0.1, -0.05) is 18.9 Å². The lowest BCUT2D eigenvalue weighted by Gasteiger charge is -2.23. The van der Waals surface area contributed by atoms with Gasteiger partial charge in [-0.25, -0.2) is 4.79 Å². The third-order valence-corrected chi connectivity index (χ3v) is 5.43. The molecular formula is C17H20N2O5. The minimum atomic E-state index is -0.820. The molecule has 1 aromatic rings. The van der Waals surface area contributed by atoms with Crippen molar-refractivity contribution < 1.29 is 19.2 Å². The Morgan fingerprint density at radius 3 is 2.83 bits per heavy atom. The van der Waals surface area contributed by atoms with Crippen LogP contribution in [0.2, 0.25) is 0 Å². The molecule has 3 fully saturated rings. The zero-order valence-corrected chi connectivity index (χ0v) is 13.3. The molecule has 1 N–H and O–H groups in total. The number of nitrogens with one attached hydrogen (secondary N) is 1. The molecule has 1 saturated carbocycles. The van der Waals surface area contributed by atoms with Gasteiger partial charge in [-0.2, -0.15) is 0 Å². The van der Waals surface area contributed by atoms with E-state index < -0.39 is 16.8 Å². The monoisotopic (exact) mass is 332 g/mol. The quantitative estimate of drug-likeness (QED) is 0.520. The lowest BCUT2D eigenvalue weighted by Crippen LogP contribution is -2.29. The molecule has 4 rings (SSSR count). The fourth-order valence-electron chi connectivity index (χ4n) is 4.31. The van der Waals surface area contributed by atoms with E-state index in [1.54, 1.807) is 12.1 Å². The van der Waals surface area contributed by atoms with E-state index >= 15 is 0 Å². The van der Waals surface area contributed by atoms with Crippen LogP contribution in [0.4, 0.5) is 11.4 Å². The number of carbonyl (C=O) groups is 1. The average molecular weight is 332 g/mol. The van der Waals surface area contributed by atoms with Gasteiger partial charge in [0.15, 0.2) is 0 Å². The maximum atomic E-state index is 12.3. The molecule has 128 valence electrons. The molecule has 2 unspecified atom stereocenters. The second-order valence-electron chi connectivity index (χ2n) is 7.21. The highest BCUT2D eigenvalue weighted by Crippen LogP contribution is 2.53. The Hall–Kier alpha value is -2.15. The number of hydrogen-bond acceptors (Lipinski definition) is 6. The van der Waals surface area contributed by atoms with E-state index in [0.29, 0.717) is 18.7 Å². The second-order valence-corrected chi connectivity index (χ2v) is 7.21. The van der Waals surface area contributed by atoms with Crippen molar-refractivity contribution in [2.24, 2.45) is 5.41 Å². The smallest absolute Gasteiger partial charge is 0.331 e. The summed E-state index contributed by atoms with van der Waals surface area (Å²) < 4.78 is 11.5. The van der Waals surface area contributed by atoms with E-state index in [0.717, 1.165) is 19.3 Å². The topological polar surface area (TPSA) is 90.7 Å². The van der Waals surface area contributed by atoms with E-state index in [1.165, 1.54) is 25.0 Å². The largest absolute Gasteiger partial charge is 0.431 e. The van der Waals surface area contributed by atoms with Crippen molar-refractivity contribution in [3.05, 3.63) is 34.4 Å². The summed E-state index contributed by atoms with van der Waals surface area (Å²) in [7, 11) is 0. The van der Waals surface area contributed by atoms with Gasteiger partial charge in [0, 0.05) is 36.1 Å². The Kier molecular flexibility index (Phi) is 3.49. The first-order chi connectivity index (χ1) is 11.5. The average Bonchev–Trinajstić information content (AvgIpc) is 3.22. The first-order valence-corrected chi connectivity index (χ1v) is 8.37. The van der Waals surface area contributed by atoms with Crippen molar-refractivity contribution in [2.75, 3.05) is 11.9 Å². The van der Waals surface area contributed by atoms with Crippen LogP contribution in [0.1, 0.15) is 38.5 Å². The van der Waals surface area contributed by atoms with Crippen molar-refractivity contribution in [2.45, 2.75) is 50.4 Å². The van der Waals surface area contributed by atoms with Gasteiger partial charge in [0.1, 0.15) is 6.04 Å². The lowest BCUT2D eigenvalue weighted by atomic mass is 9.82. The third kappa shape index (κ3) is 2.62. The number of nitro groups is 1. The lowest BCUT2D eigenvalue weighted by molar-refractivity contribution is -0.384. The molecule has 2 heterocycles. The predicted octanol–water partition coefficient (Wildman–Crippen LogP) is 3.00. The van der Waals surface area contributed by atoms with Crippen LogP contribution in [-0.2, 0) is 14.3 Å². The molecule has 2 atom stereocenters. The summed E-state index contributed by atoms with van der Waals surface area (Å²) in [5.41, 5.74) is 0.695. The minimum absolute atomic E-state index is 0.0110. The van der Waals surface area contributed by atoms with Crippen LogP contribution in [0, 0.1) is 15.5 Å². The van der Waals surface area contributed by atoms with Gasteiger partial charge in [0.05, 0.1) is 11.5 Å². The molecule has 0 aromatic heterocycles. The van der Waals surface area contributed by atoms with Crippen LogP contribution in [0.25, 0.3) is 0 Å². The van der Waals surface area contributed by atoms with Crippen molar-refractivity contribution in [1.82, 2.24) is 0 Å². The number of nitro benzene ring substituents is 1. The van der Waals surface area contributed by atoms with E-state index in [1.807, 2.05) is 0 Å². The molecule has 7 heteroatoms. The molecular weight excluding hydrogens is 312 g/mol. The summed E-state index contributed by atoms with van der Waals surface area (Å²) in [4.78, 5) is 22.7. The van der Waals surface area contributed by atoms with Crippen molar-refractivity contribution in [1.29, 1.82) is 0 Å². The van der Waals surface area contributed by atoms with Gasteiger partial charge in [-0.05, 0) is 18.9 Å². The number of hydrogen-bond donors (Lipinski definition) is 1. The fourth-order valence-corrected chi connectivity index (χ4v) is 4.31.